The second kappa shape index (κ2) is 5.91. The van der Waals surface area contributed by atoms with Crippen LogP contribution in [0.5, 0.6) is 0 Å². The summed E-state index contributed by atoms with van der Waals surface area (Å²) in [7, 11) is 2.08. The lowest BCUT2D eigenvalue weighted by Gasteiger charge is -2.16. The lowest BCUT2D eigenvalue weighted by atomic mass is 10.2. The van der Waals surface area contributed by atoms with Gasteiger partial charge in [0.1, 0.15) is 11.5 Å². The predicted molar refractivity (Wildman–Crippen MR) is 102 cm³/mol. The number of benzene rings is 1. The summed E-state index contributed by atoms with van der Waals surface area (Å²) in [4.78, 5) is 8.09. The number of imidazole rings is 1. The van der Waals surface area contributed by atoms with Crippen LogP contribution in [0.25, 0.3) is 26.3 Å². The highest BCUT2D eigenvalue weighted by Crippen LogP contribution is 2.35. The van der Waals surface area contributed by atoms with E-state index in [9.17, 15) is 0 Å². The fourth-order valence-electron chi connectivity index (χ4n) is 3.07. The van der Waals surface area contributed by atoms with E-state index in [-0.39, 0.29) is 0 Å². The molecule has 3 heterocycles. The molecule has 0 fully saturated rings. The van der Waals surface area contributed by atoms with Crippen LogP contribution in [0.15, 0.2) is 42.5 Å². The molecule has 0 radical (unpaired) electrons. The fourth-order valence-corrected chi connectivity index (χ4v) is 4.21. The van der Waals surface area contributed by atoms with Crippen LogP contribution in [0.2, 0.25) is 0 Å². The molecule has 0 aliphatic heterocycles. The third kappa shape index (κ3) is 2.45. The van der Waals surface area contributed by atoms with Crippen molar-refractivity contribution in [1.82, 2.24) is 14.6 Å². The van der Waals surface area contributed by atoms with Gasteiger partial charge in [0.15, 0.2) is 5.65 Å². The molecular formula is C19H20N4S. The number of aromatic nitrogens is 3. The van der Waals surface area contributed by atoms with Gasteiger partial charge in [-0.3, -0.25) is 0 Å². The Morgan fingerprint density at radius 1 is 1.17 bits per heavy atom. The number of hydrogen-bond donors (Lipinski definition) is 0. The van der Waals surface area contributed by atoms with Gasteiger partial charge in [-0.15, -0.1) is 16.4 Å². The molecule has 0 aliphatic carbocycles. The molecule has 3 aromatic heterocycles. The van der Waals surface area contributed by atoms with Gasteiger partial charge < -0.3 is 4.90 Å². The average Bonchev–Trinajstić information content (AvgIpc) is 3.13. The monoisotopic (exact) mass is 336 g/mol. The Morgan fingerprint density at radius 2 is 2.00 bits per heavy atom. The molecule has 0 amide bonds. The highest BCUT2D eigenvalue weighted by atomic mass is 32.1. The first kappa shape index (κ1) is 15.1. The van der Waals surface area contributed by atoms with Crippen molar-refractivity contribution in [2.45, 2.75) is 20.3 Å². The van der Waals surface area contributed by atoms with E-state index < -0.39 is 0 Å². The maximum absolute atomic E-state index is 4.85. The van der Waals surface area contributed by atoms with Gasteiger partial charge in [0, 0.05) is 18.3 Å². The Morgan fingerprint density at radius 3 is 2.79 bits per heavy atom. The minimum Gasteiger partial charge on any atom is -0.358 e. The van der Waals surface area contributed by atoms with Gasteiger partial charge in [0.25, 0.3) is 0 Å². The van der Waals surface area contributed by atoms with Gasteiger partial charge >= 0.3 is 0 Å². The van der Waals surface area contributed by atoms with Crippen LogP contribution in [-0.2, 0) is 0 Å². The maximum atomic E-state index is 4.85. The first-order valence-corrected chi connectivity index (χ1v) is 9.05. The van der Waals surface area contributed by atoms with Crippen molar-refractivity contribution in [2.75, 3.05) is 18.5 Å². The molecule has 24 heavy (non-hydrogen) atoms. The molecule has 4 rings (SSSR count). The summed E-state index contributed by atoms with van der Waals surface area (Å²) < 4.78 is 3.28. The molecule has 0 spiro atoms. The number of anilines is 1. The molecular weight excluding hydrogens is 316 g/mol. The SMILES string of the molecule is CCCN(C)c1ccc2nc(C)c(-c3cc4ccccc4s3)n2n1. The Labute approximate surface area is 145 Å². The van der Waals surface area contributed by atoms with Crippen LogP contribution in [0.1, 0.15) is 19.0 Å². The molecule has 0 saturated carbocycles. The summed E-state index contributed by atoms with van der Waals surface area (Å²) in [6.07, 6.45) is 1.10. The Bertz CT molecular complexity index is 982. The van der Waals surface area contributed by atoms with E-state index in [0.29, 0.717) is 0 Å². The van der Waals surface area contributed by atoms with Gasteiger partial charge in [-0.2, -0.15) is 0 Å². The fraction of sp³-hybridized carbons (Fsp3) is 0.263. The second-order valence-electron chi connectivity index (χ2n) is 6.08. The highest BCUT2D eigenvalue weighted by molar-refractivity contribution is 7.22. The second-order valence-corrected chi connectivity index (χ2v) is 7.16. The Hall–Kier alpha value is -2.40. The number of aryl methyl sites for hydroxylation is 1. The molecule has 5 heteroatoms. The van der Waals surface area contributed by atoms with Crippen molar-refractivity contribution in [2.24, 2.45) is 0 Å². The third-order valence-electron chi connectivity index (χ3n) is 4.25. The number of rotatable bonds is 4. The van der Waals surface area contributed by atoms with Crippen LogP contribution in [0.3, 0.4) is 0 Å². The molecule has 0 N–H and O–H groups in total. The van der Waals surface area contributed by atoms with Gasteiger partial charge in [0.05, 0.1) is 10.6 Å². The van der Waals surface area contributed by atoms with E-state index in [1.165, 1.54) is 15.0 Å². The zero-order valence-electron chi connectivity index (χ0n) is 14.2. The van der Waals surface area contributed by atoms with Crippen LogP contribution in [0.4, 0.5) is 5.82 Å². The van der Waals surface area contributed by atoms with Crippen LogP contribution in [0, 0.1) is 6.92 Å². The molecule has 4 nitrogen and oxygen atoms in total. The number of hydrogen-bond acceptors (Lipinski definition) is 4. The Kier molecular flexibility index (Phi) is 3.73. The maximum Gasteiger partial charge on any atom is 0.154 e. The first-order chi connectivity index (χ1) is 11.7. The minimum absolute atomic E-state index is 0.897. The van der Waals surface area contributed by atoms with Crippen molar-refractivity contribution in [3.8, 4) is 10.6 Å². The van der Waals surface area contributed by atoms with Gasteiger partial charge in [0.2, 0.25) is 0 Å². The molecule has 0 unspecified atom stereocenters. The summed E-state index contributed by atoms with van der Waals surface area (Å²) >= 11 is 1.79. The van der Waals surface area contributed by atoms with Gasteiger partial charge in [-0.25, -0.2) is 9.50 Å². The quantitative estimate of drug-likeness (QED) is 0.538. The Balaban J connectivity index is 1.90. The van der Waals surface area contributed by atoms with E-state index in [2.05, 4.69) is 62.2 Å². The lowest BCUT2D eigenvalue weighted by Crippen LogP contribution is -2.19. The van der Waals surface area contributed by atoms with Crippen molar-refractivity contribution in [3.05, 3.63) is 48.2 Å². The van der Waals surface area contributed by atoms with Crippen molar-refractivity contribution >= 4 is 32.9 Å². The number of thiophene rings is 1. The molecule has 4 aromatic rings. The lowest BCUT2D eigenvalue weighted by molar-refractivity contribution is 0.810. The molecule has 1 aromatic carbocycles. The van der Waals surface area contributed by atoms with Crippen LogP contribution in [-0.4, -0.2) is 28.2 Å². The van der Waals surface area contributed by atoms with E-state index >= 15 is 0 Å². The average molecular weight is 336 g/mol. The van der Waals surface area contributed by atoms with E-state index in [1.807, 2.05) is 10.6 Å². The molecule has 0 atom stereocenters. The van der Waals surface area contributed by atoms with Crippen molar-refractivity contribution < 1.29 is 0 Å². The minimum atomic E-state index is 0.897. The number of nitrogens with zero attached hydrogens (tertiary/aromatic N) is 4. The number of fused-ring (bicyclic) bond motifs is 2. The summed E-state index contributed by atoms with van der Waals surface area (Å²) in [5, 5.41) is 6.12. The standard InChI is InChI=1S/C19H20N4S/c1-4-11-22(3)18-10-9-17-20-13(2)19(23(17)21-18)16-12-14-7-5-6-8-15(14)24-16/h5-10,12H,4,11H2,1-3H3. The largest absolute Gasteiger partial charge is 0.358 e. The van der Waals surface area contributed by atoms with E-state index in [0.717, 1.165) is 35.8 Å². The molecule has 0 saturated heterocycles. The van der Waals surface area contributed by atoms with Crippen LogP contribution >= 0.6 is 11.3 Å². The van der Waals surface area contributed by atoms with E-state index in [4.69, 9.17) is 10.1 Å². The summed E-state index contributed by atoms with van der Waals surface area (Å²) in [5.41, 5.74) is 3.01. The topological polar surface area (TPSA) is 33.4 Å². The predicted octanol–water partition coefficient (Wildman–Crippen LogP) is 4.77. The smallest absolute Gasteiger partial charge is 0.154 e. The highest BCUT2D eigenvalue weighted by Gasteiger charge is 2.16. The summed E-state index contributed by atoms with van der Waals surface area (Å²) in [6, 6.07) is 14.8. The molecule has 122 valence electrons. The zero-order valence-corrected chi connectivity index (χ0v) is 15.0. The molecule has 0 aliphatic rings. The van der Waals surface area contributed by atoms with Crippen LogP contribution < -0.4 is 4.90 Å². The third-order valence-corrected chi connectivity index (χ3v) is 5.37. The normalized spacial score (nSPS) is 11.5. The first-order valence-electron chi connectivity index (χ1n) is 8.24. The summed E-state index contributed by atoms with van der Waals surface area (Å²) in [5.74, 6) is 0.976. The summed E-state index contributed by atoms with van der Waals surface area (Å²) in [6.45, 7) is 5.23. The van der Waals surface area contributed by atoms with Gasteiger partial charge in [-0.1, -0.05) is 25.1 Å². The van der Waals surface area contributed by atoms with Crippen molar-refractivity contribution in [1.29, 1.82) is 0 Å². The van der Waals surface area contributed by atoms with E-state index in [1.54, 1.807) is 11.3 Å². The molecule has 0 bridgehead atoms. The van der Waals surface area contributed by atoms with Crippen molar-refractivity contribution in [3.63, 3.8) is 0 Å². The zero-order chi connectivity index (χ0) is 16.7. The van der Waals surface area contributed by atoms with Gasteiger partial charge in [-0.05, 0) is 43.0 Å².